The molecule has 0 aliphatic heterocycles. The van der Waals surface area contributed by atoms with Gasteiger partial charge in [-0.3, -0.25) is 0 Å². The van der Waals surface area contributed by atoms with E-state index in [0.29, 0.717) is 6.61 Å². The van der Waals surface area contributed by atoms with Crippen LogP contribution in [-0.4, -0.2) is 13.2 Å². The molecular formula is C17H27NO. The second-order valence-electron chi connectivity index (χ2n) is 5.13. The summed E-state index contributed by atoms with van der Waals surface area (Å²) in [4.78, 5) is 0. The van der Waals surface area contributed by atoms with Gasteiger partial charge in [0.05, 0.1) is 0 Å². The number of ether oxygens (including phenoxy) is 1. The largest absolute Gasteiger partial charge is 0.489 e. The topological polar surface area (TPSA) is 21.3 Å². The monoisotopic (exact) mass is 261 g/mol. The first-order chi connectivity index (χ1) is 9.08. The van der Waals surface area contributed by atoms with Crippen molar-refractivity contribution >= 4 is 0 Å². The number of aryl methyl sites for hydroxylation is 2. The summed E-state index contributed by atoms with van der Waals surface area (Å²) in [7, 11) is 0. The van der Waals surface area contributed by atoms with Crippen molar-refractivity contribution in [3.8, 4) is 5.75 Å². The van der Waals surface area contributed by atoms with E-state index in [0.717, 1.165) is 37.3 Å². The van der Waals surface area contributed by atoms with Gasteiger partial charge < -0.3 is 10.1 Å². The maximum absolute atomic E-state index is 5.88. The molecule has 19 heavy (non-hydrogen) atoms. The van der Waals surface area contributed by atoms with Gasteiger partial charge in [-0.15, -0.1) is 0 Å². The number of hydrogen-bond donors (Lipinski definition) is 1. The zero-order valence-corrected chi connectivity index (χ0v) is 12.8. The predicted octanol–water partition coefficient (Wildman–Crippen LogP) is 4.15. The molecule has 0 heterocycles. The zero-order valence-electron chi connectivity index (χ0n) is 12.8. The fraction of sp³-hybridized carbons (Fsp3) is 0.529. The van der Waals surface area contributed by atoms with Crippen molar-refractivity contribution in [2.24, 2.45) is 0 Å². The Labute approximate surface area is 117 Å². The maximum Gasteiger partial charge on any atom is 0.125 e. The first-order valence-corrected chi connectivity index (χ1v) is 7.18. The molecule has 0 unspecified atom stereocenters. The number of rotatable bonds is 8. The number of hydrogen-bond acceptors (Lipinski definition) is 2. The van der Waals surface area contributed by atoms with Crippen LogP contribution in [0.4, 0.5) is 0 Å². The van der Waals surface area contributed by atoms with E-state index in [1.165, 1.54) is 16.7 Å². The third-order valence-electron chi connectivity index (χ3n) is 3.20. The number of nitrogens with one attached hydrogen (secondary N) is 1. The van der Waals surface area contributed by atoms with Gasteiger partial charge in [-0.25, -0.2) is 0 Å². The van der Waals surface area contributed by atoms with Gasteiger partial charge in [0.1, 0.15) is 12.4 Å². The predicted molar refractivity (Wildman–Crippen MR) is 82.8 cm³/mol. The average molecular weight is 261 g/mol. The highest BCUT2D eigenvalue weighted by Crippen LogP contribution is 2.25. The Kier molecular flexibility index (Phi) is 6.65. The summed E-state index contributed by atoms with van der Waals surface area (Å²) in [5.41, 5.74) is 4.87. The lowest BCUT2D eigenvalue weighted by molar-refractivity contribution is 0.344. The van der Waals surface area contributed by atoms with E-state index < -0.39 is 0 Å². The van der Waals surface area contributed by atoms with Crippen LogP contribution in [0.15, 0.2) is 24.3 Å². The van der Waals surface area contributed by atoms with Crippen molar-refractivity contribution in [1.29, 1.82) is 0 Å². The molecule has 0 saturated heterocycles. The van der Waals surface area contributed by atoms with Crippen LogP contribution in [-0.2, 0) is 6.54 Å². The molecule has 1 N–H and O–H groups in total. The fourth-order valence-corrected chi connectivity index (χ4v) is 2.06. The summed E-state index contributed by atoms with van der Waals surface area (Å²) < 4.78 is 5.88. The van der Waals surface area contributed by atoms with Crippen molar-refractivity contribution in [1.82, 2.24) is 5.32 Å². The molecule has 0 aromatic heterocycles. The fourth-order valence-electron chi connectivity index (χ4n) is 2.06. The molecule has 1 aromatic rings. The summed E-state index contributed by atoms with van der Waals surface area (Å²) in [6, 6.07) is 4.42. The van der Waals surface area contributed by atoms with E-state index in [9.17, 15) is 0 Å². The molecule has 2 heteroatoms. The molecular weight excluding hydrogens is 234 g/mol. The van der Waals surface area contributed by atoms with Crippen LogP contribution in [0.1, 0.15) is 43.4 Å². The van der Waals surface area contributed by atoms with E-state index in [-0.39, 0.29) is 0 Å². The molecule has 106 valence electrons. The summed E-state index contributed by atoms with van der Waals surface area (Å²) in [5, 5.41) is 3.43. The Morgan fingerprint density at radius 2 is 1.84 bits per heavy atom. The van der Waals surface area contributed by atoms with Crippen LogP contribution in [0.25, 0.3) is 0 Å². The Morgan fingerprint density at radius 3 is 2.37 bits per heavy atom. The van der Waals surface area contributed by atoms with Gasteiger partial charge in [-0.05, 0) is 55.5 Å². The van der Waals surface area contributed by atoms with Crippen LogP contribution < -0.4 is 10.1 Å². The smallest absolute Gasteiger partial charge is 0.125 e. The second-order valence-corrected chi connectivity index (χ2v) is 5.13. The van der Waals surface area contributed by atoms with Gasteiger partial charge in [0, 0.05) is 6.54 Å². The molecule has 2 nitrogen and oxygen atoms in total. The summed E-state index contributed by atoms with van der Waals surface area (Å²) in [6.07, 6.45) is 2.13. The summed E-state index contributed by atoms with van der Waals surface area (Å²) >= 11 is 0. The second kappa shape index (κ2) is 8.00. The molecule has 0 radical (unpaired) electrons. The molecule has 0 fully saturated rings. The van der Waals surface area contributed by atoms with Crippen molar-refractivity contribution in [3.05, 3.63) is 41.0 Å². The summed E-state index contributed by atoms with van der Waals surface area (Å²) in [5.74, 6) is 1.01. The maximum atomic E-state index is 5.88. The van der Waals surface area contributed by atoms with E-state index in [1.807, 2.05) is 0 Å². The van der Waals surface area contributed by atoms with Crippen LogP contribution in [0.3, 0.4) is 0 Å². The third kappa shape index (κ3) is 5.07. The van der Waals surface area contributed by atoms with Gasteiger partial charge in [0.2, 0.25) is 0 Å². The minimum Gasteiger partial charge on any atom is -0.489 e. The highest BCUT2D eigenvalue weighted by Gasteiger charge is 2.07. The van der Waals surface area contributed by atoms with Crippen LogP contribution in [0.2, 0.25) is 0 Å². The van der Waals surface area contributed by atoms with E-state index in [4.69, 9.17) is 4.74 Å². The van der Waals surface area contributed by atoms with Gasteiger partial charge in [0.15, 0.2) is 0 Å². The quantitative estimate of drug-likeness (QED) is 0.561. The van der Waals surface area contributed by atoms with Gasteiger partial charge >= 0.3 is 0 Å². The molecule has 1 aromatic carbocycles. The minimum atomic E-state index is 0.617. The molecule has 0 amide bonds. The van der Waals surface area contributed by atoms with Gasteiger partial charge in [-0.2, -0.15) is 0 Å². The van der Waals surface area contributed by atoms with Crippen LogP contribution in [0, 0.1) is 13.8 Å². The van der Waals surface area contributed by atoms with Crippen molar-refractivity contribution in [3.63, 3.8) is 0 Å². The van der Waals surface area contributed by atoms with Gasteiger partial charge in [-0.1, -0.05) is 32.6 Å². The first kappa shape index (κ1) is 15.8. The molecule has 0 aliphatic rings. The van der Waals surface area contributed by atoms with Crippen molar-refractivity contribution in [2.75, 3.05) is 13.2 Å². The minimum absolute atomic E-state index is 0.617. The van der Waals surface area contributed by atoms with E-state index in [1.54, 1.807) is 0 Å². The number of benzene rings is 1. The Hall–Kier alpha value is -1.28. The Balaban J connectivity index is 2.71. The van der Waals surface area contributed by atoms with Crippen LogP contribution >= 0.6 is 0 Å². The van der Waals surface area contributed by atoms with Crippen molar-refractivity contribution in [2.45, 2.75) is 47.1 Å². The SMILES string of the molecule is C=C(CC)COc1c(C)cc(CNCCC)cc1C. The average Bonchev–Trinajstić information content (AvgIpc) is 2.37. The Morgan fingerprint density at radius 1 is 1.21 bits per heavy atom. The van der Waals surface area contributed by atoms with E-state index in [2.05, 4.69) is 51.7 Å². The molecule has 0 bridgehead atoms. The summed E-state index contributed by atoms with van der Waals surface area (Å²) in [6.45, 7) is 15.1. The lowest BCUT2D eigenvalue weighted by atomic mass is 10.1. The molecule has 0 spiro atoms. The Bertz CT molecular complexity index is 400. The van der Waals surface area contributed by atoms with Crippen LogP contribution in [0.5, 0.6) is 5.75 Å². The standard InChI is InChI=1S/C17H27NO/c1-6-8-18-11-16-9-14(4)17(15(5)10-16)19-12-13(3)7-2/h9-10,18H,3,6-8,11-12H2,1-2,4-5H3. The molecule has 1 rings (SSSR count). The highest BCUT2D eigenvalue weighted by molar-refractivity contribution is 5.43. The van der Waals surface area contributed by atoms with Gasteiger partial charge in [0.25, 0.3) is 0 Å². The van der Waals surface area contributed by atoms with Crippen molar-refractivity contribution < 1.29 is 4.74 Å². The zero-order chi connectivity index (χ0) is 14.3. The first-order valence-electron chi connectivity index (χ1n) is 7.18. The van der Waals surface area contributed by atoms with E-state index >= 15 is 0 Å². The third-order valence-corrected chi connectivity index (χ3v) is 3.20. The molecule has 0 saturated carbocycles. The molecule has 0 atom stereocenters. The highest BCUT2D eigenvalue weighted by atomic mass is 16.5. The normalized spacial score (nSPS) is 10.5. The molecule has 0 aliphatic carbocycles. The lowest BCUT2D eigenvalue weighted by Gasteiger charge is -2.15. The lowest BCUT2D eigenvalue weighted by Crippen LogP contribution is -2.14.